The number of phenols is 1. The lowest BCUT2D eigenvalue weighted by Crippen LogP contribution is -2.27. The molecule has 0 saturated carbocycles. The lowest BCUT2D eigenvalue weighted by atomic mass is 9.87. The molecule has 102 valence electrons. The van der Waals surface area contributed by atoms with Crippen molar-refractivity contribution in [1.29, 1.82) is 0 Å². The van der Waals surface area contributed by atoms with E-state index in [1.807, 2.05) is 19.1 Å². The van der Waals surface area contributed by atoms with E-state index < -0.39 is 0 Å². The maximum Gasteiger partial charge on any atom is 0.124 e. The predicted molar refractivity (Wildman–Crippen MR) is 78.3 cm³/mol. The Labute approximate surface area is 122 Å². The first-order valence-electron chi connectivity index (χ1n) is 5.92. The monoisotopic (exact) mass is 335 g/mol. The molecule has 1 fully saturated rings. The molecule has 18 heavy (non-hydrogen) atoms. The smallest absolute Gasteiger partial charge is 0.124 e. The second-order valence-electron chi connectivity index (χ2n) is 4.60. The van der Waals surface area contributed by atoms with E-state index in [9.17, 15) is 5.11 Å². The van der Waals surface area contributed by atoms with Gasteiger partial charge in [0.2, 0.25) is 0 Å². The second kappa shape index (κ2) is 6.75. The molecule has 1 aliphatic heterocycles. The topological polar surface area (TPSA) is 55.5 Å². The van der Waals surface area contributed by atoms with Crippen LogP contribution in [0.3, 0.4) is 0 Å². The van der Waals surface area contributed by atoms with Crippen LogP contribution in [-0.4, -0.2) is 18.3 Å². The summed E-state index contributed by atoms with van der Waals surface area (Å²) in [5.74, 6) is 0.700. The van der Waals surface area contributed by atoms with Crippen LogP contribution in [0.15, 0.2) is 16.6 Å². The Kier molecular flexibility index (Phi) is 5.92. The van der Waals surface area contributed by atoms with E-state index in [0.717, 1.165) is 41.7 Å². The van der Waals surface area contributed by atoms with Crippen molar-refractivity contribution in [3.8, 4) is 5.75 Å². The molecular formula is C13H19BrClNO2. The third-order valence-corrected chi connectivity index (χ3v) is 4.16. The van der Waals surface area contributed by atoms with E-state index in [1.165, 1.54) is 0 Å². The molecule has 1 aliphatic rings. The summed E-state index contributed by atoms with van der Waals surface area (Å²) in [6, 6.07) is 3.71. The number of hydrogen-bond donors (Lipinski definition) is 2. The van der Waals surface area contributed by atoms with Crippen molar-refractivity contribution in [2.24, 2.45) is 11.7 Å². The van der Waals surface area contributed by atoms with Crippen molar-refractivity contribution < 1.29 is 9.84 Å². The van der Waals surface area contributed by atoms with Gasteiger partial charge in [0.15, 0.2) is 0 Å². The molecule has 3 nitrogen and oxygen atoms in total. The quantitative estimate of drug-likeness (QED) is 0.871. The Bertz CT molecular complexity index is 408. The number of aromatic hydroxyl groups is 1. The Morgan fingerprint density at radius 2 is 2.00 bits per heavy atom. The fraction of sp³-hybridized carbons (Fsp3) is 0.538. The van der Waals surface area contributed by atoms with Crippen molar-refractivity contribution in [2.75, 3.05) is 13.2 Å². The van der Waals surface area contributed by atoms with Crippen LogP contribution in [0.5, 0.6) is 5.75 Å². The van der Waals surface area contributed by atoms with Crippen molar-refractivity contribution >= 4 is 28.3 Å². The van der Waals surface area contributed by atoms with Crippen LogP contribution >= 0.6 is 28.3 Å². The van der Waals surface area contributed by atoms with Gasteiger partial charge in [-0.3, -0.25) is 0 Å². The number of rotatable bonds is 2. The first-order chi connectivity index (χ1) is 8.11. The number of ether oxygens (including phenoxy) is 1. The highest BCUT2D eigenvalue weighted by atomic mass is 79.9. The molecule has 0 unspecified atom stereocenters. The summed E-state index contributed by atoms with van der Waals surface area (Å²) >= 11 is 3.48. The van der Waals surface area contributed by atoms with E-state index >= 15 is 0 Å². The first-order valence-corrected chi connectivity index (χ1v) is 6.72. The molecule has 0 aliphatic carbocycles. The zero-order valence-corrected chi connectivity index (χ0v) is 12.8. The molecule has 5 heteroatoms. The van der Waals surface area contributed by atoms with Crippen LogP contribution in [0.25, 0.3) is 0 Å². The number of phenolic OH excluding ortho intramolecular Hbond substituents is 1. The summed E-state index contributed by atoms with van der Waals surface area (Å²) < 4.78 is 6.23. The lowest BCUT2D eigenvalue weighted by Gasteiger charge is -2.29. The normalized spacial score (nSPS) is 18.2. The van der Waals surface area contributed by atoms with E-state index in [-0.39, 0.29) is 18.4 Å². The predicted octanol–water partition coefficient (Wildman–Crippen LogP) is 3.31. The molecule has 0 spiro atoms. The average Bonchev–Trinajstić information content (AvgIpc) is 2.35. The molecule has 0 amide bonds. The third-order valence-electron chi connectivity index (χ3n) is 3.47. The fourth-order valence-electron chi connectivity index (χ4n) is 2.32. The molecule has 1 heterocycles. The average molecular weight is 337 g/mol. The number of aryl methyl sites for hydroxylation is 1. The Balaban J connectivity index is 0.00000162. The van der Waals surface area contributed by atoms with Crippen LogP contribution in [0.1, 0.15) is 30.0 Å². The van der Waals surface area contributed by atoms with Crippen molar-refractivity contribution in [3.05, 3.63) is 27.7 Å². The van der Waals surface area contributed by atoms with Crippen molar-refractivity contribution in [1.82, 2.24) is 0 Å². The highest BCUT2D eigenvalue weighted by molar-refractivity contribution is 9.10. The van der Waals surface area contributed by atoms with Gasteiger partial charge in [-0.15, -0.1) is 12.4 Å². The van der Waals surface area contributed by atoms with E-state index in [4.69, 9.17) is 10.5 Å². The van der Waals surface area contributed by atoms with Crippen LogP contribution < -0.4 is 5.73 Å². The lowest BCUT2D eigenvalue weighted by molar-refractivity contribution is 0.0580. The summed E-state index contributed by atoms with van der Waals surface area (Å²) in [4.78, 5) is 0. The summed E-state index contributed by atoms with van der Waals surface area (Å²) in [6.45, 7) is 3.42. The SMILES string of the molecule is Cc1ccc(Br)c([C@@H](N)C2CCOCC2)c1O.Cl. The molecular weight excluding hydrogens is 318 g/mol. The maximum absolute atomic E-state index is 10.1. The van der Waals surface area contributed by atoms with Gasteiger partial charge in [0.05, 0.1) is 0 Å². The van der Waals surface area contributed by atoms with Gasteiger partial charge in [0.25, 0.3) is 0 Å². The van der Waals surface area contributed by atoms with Crippen molar-refractivity contribution in [3.63, 3.8) is 0 Å². The minimum Gasteiger partial charge on any atom is -0.507 e. The van der Waals surface area contributed by atoms with Crippen LogP contribution in [0.4, 0.5) is 0 Å². The van der Waals surface area contributed by atoms with E-state index in [2.05, 4.69) is 15.9 Å². The molecule has 1 saturated heterocycles. The maximum atomic E-state index is 10.1. The molecule has 0 aromatic heterocycles. The van der Waals surface area contributed by atoms with Crippen molar-refractivity contribution in [2.45, 2.75) is 25.8 Å². The number of halogens is 2. The Morgan fingerprint density at radius 1 is 1.39 bits per heavy atom. The van der Waals surface area contributed by atoms with E-state index in [0.29, 0.717) is 11.7 Å². The standard InChI is InChI=1S/C13H18BrNO2.ClH/c1-8-2-3-10(14)11(13(8)16)12(15)9-4-6-17-7-5-9;/h2-3,9,12,16H,4-7,15H2,1H3;1H/t12-;/m0./s1. The Morgan fingerprint density at radius 3 is 2.61 bits per heavy atom. The van der Waals surface area contributed by atoms with Gasteiger partial charge >= 0.3 is 0 Å². The van der Waals surface area contributed by atoms with Gasteiger partial charge in [0.1, 0.15) is 5.75 Å². The molecule has 1 aromatic carbocycles. The summed E-state index contributed by atoms with van der Waals surface area (Å²) in [5, 5.41) is 10.1. The largest absolute Gasteiger partial charge is 0.507 e. The molecule has 3 N–H and O–H groups in total. The van der Waals surface area contributed by atoms with E-state index in [1.54, 1.807) is 0 Å². The summed E-state index contributed by atoms with van der Waals surface area (Å²) in [7, 11) is 0. The highest BCUT2D eigenvalue weighted by Crippen LogP contribution is 2.38. The first kappa shape index (κ1) is 15.8. The summed E-state index contributed by atoms with van der Waals surface area (Å²) in [6.07, 6.45) is 1.92. The zero-order valence-electron chi connectivity index (χ0n) is 10.4. The summed E-state index contributed by atoms with van der Waals surface area (Å²) in [5.41, 5.74) is 7.99. The van der Waals surface area contributed by atoms with Gasteiger partial charge in [-0.25, -0.2) is 0 Å². The molecule has 1 atom stereocenters. The Hall–Kier alpha value is -0.290. The zero-order chi connectivity index (χ0) is 12.4. The number of hydrogen-bond acceptors (Lipinski definition) is 3. The molecule has 0 bridgehead atoms. The number of benzene rings is 1. The minimum atomic E-state index is -0.131. The van der Waals surface area contributed by atoms with Crippen LogP contribution in [0.2, 0.25) is 0 Å². The minimum absolute atomic E-state index is 0. The van der Waals surface area contributed by atoms with Gasteiger partial charge < -0.3 is 15.6 Å². The van der Waals surface area contributed by atoms with Gasteiger partial charge in [-0.2, -0.15) is 0 Å². The van der Waals surface area contributed by atoms with Crippen LogP contribution in [-0.2, 0) is 4.74 Å². The van der Waals surface area contributed by atoms with Gasteiger partial charge in [0, 0.05) is 29.3 Å². The number of nitrogens with two attached hydrogens (primary N) is 1. The van der Waals surface area contributed by atoms with Gasteiger partial charge in [-0.1, -0.05) is 22.0 Å². The van der Waals surface area contributed by atoms with Gasteiger partial charge in [-0.05, 0) is 37.3 Å². The third kappa shape index (κ3) is 3.18. The molecule has 1 aromatic rings. The molecule has 2 rings (SSSR count). The molecule has 0 radical (unpaired) electrons. The highest BCUT2D eigenvalue weighted by Gasteiger charge is 2.26. The second-order valence-corrected chi connectivity index (χ2v) is 5.46. The van der Waals surface area contributed by atoms with Crippen LogP contribution in [0, 0.1) is 12.8 Å². The fourth-order valence-corrected chi connectivity index (χ4v) is 2.90.